The monoisotopic (exact) mass is 283 g/mol. The van der Waals surface area contributed by atoms with Crippen LogP contribution < -0.4 is 0 Å². The maximum Gasteiger partial charge on any atom is 0.0507 e. The highest BCUT2D eigenvalue weighted by Gasteiger charge is 2.32. The van der Waals surface area contributed by atoms with Gasteiger partial charge in [-0.05, 0) is 49.7 Å². The lowest BCUT2D eigenvalue weighted by molar-refractivity contribution is 0.313. The highest BCUT2D eigenvalue weighted by atomic mass is 14.7. The summed E-state index contributed by atoms with van der Waals surface area (Å²) >= 11 is 0. The van der Waals surface area contributed by atoms with Gasteiger partial charge in [0.1, 0.15) is 0 Å². The lowest BCUT2D eigenvalue weighted by Gasteiger charge is -2.36. The Morgan fingerprint density at radius 3 is 2.62 bits per heavy atom. The molecule has 0 spiro atoms. The molecule has 1 aliphatic rings. The number of aliphatic imine (C=N–C) groups is 1. The molecule has 0 aliphatic heterocycles. The summed E-state index contributed by atoms with van der Waals surface area (Å²) in [6.45, 7) is 15.2. The van der Waals surface area contributed by atoms with Gasteiger partial charge in [0.2, 0.25) is 0 Å². The summed E-state index contributed by atoms with van der Waals surface area (Å²) in [6, 6.07) is 0. The summed E-state index contributed by atoms with van der Waals surface area (Å²) < 4.78 is 0. The van der Waals surface area contributed by atoms with Crippen molar-refractivity contribution in [2.45, 2.75) is 54.9 Å². The standard InChI is InChI=1S/C20H29N/c1-8-11-17-12-10-13-18(20(6,7)15(3)4)19(17)16(5)21-14-9-2/h9-10,13-15,17H,12H2,1-7H3/b14-9-,21-16+. The molecule has 1 heteroatoms. The van der Waals surface area contributed by atoms with Crippen molar-refractivity contribution in [3.8, 4) is 11.8 Å². The minimum atomic E-state index is 0.118. The van der Waals surface area contributed by atoms with Crippen LogP contribution in [0.1, 0.15) is 54.9 Å². The summed E-state index contributed by atoms with van der Waals surface area (Å²) in [4.78, 5) is 4.60. The zero-order chi connectivity index (χ0) is 16.0. The molecule has 0 heterocycles. The third-order valence-electron chi connectivity index (χ3n) is 4.56. The van der Waals surface area contributed by atoms with Crippen molar-refractivity contribution < 1.29 is 0 Å². The van der Waals surface area contributed by atoms with Crippen LogP contribution in [0.15, 0.2) is 40.6 Å². The Bertz CT molecular complexity index is 542. The van der Waals surface area contributed by atoms with E-state index in [0.29, 0.717) is 5.92 Å². The fourth-order valence-electron chi connectivity index (χ4n) is 2.60. The molecule has 0 amide bonds. The van der Waals surface area contributed by atoms with E-state index in [-0.39, 0.29) is 11.3 Å². The molecular formula is C20H29N. The Hall–Kier alpha value is -1.55. The van der Waals surface area contributed by atoms with Gasteiger partial charge in [-0.3, -0.25) is 4.99 Å². The van der Waals surface area contributed by atoms with E-state index >= 15 is 0 Å². The minimum absolute atomic E-state index is 0.118. The summed E-state index contributed by atoms with van der Waals surface area (Å²) in [5.41, 5.74) is 3.92. The van der Waals surface area contributed by atoms with E-state index in [0.717, 1.165) is 12.1 Å². The average Bonchev–Trinajstić information content (AvgIpc) is 2.44. The van der Waals surface area contributed by atoms with Gasteiger partial charge in [0, 0.05) is 11.9 Å². The van der Waals surface area contributed by atoms with Crippen LogP contribution in [0.25, 0.3) is 0 Å². The normalized spacial score (nSPS) is 20.2. The fourth-order valence-corrected chi connectivity index (χ4v) is 2.60. The lowest BCUT2D eigenvalue weighted by atomic mass is 9.68. The largest absolute Gasteiger partial charge is 0.262 e. The molecule has 0 N–H and O–H groups in total. The molecule has 1 unspecified atom stereocenters. The zero-order valence-corrected chi connectivity index (χ0v) is 14.6. The molecule has 0 radical (unpaired) electrons. The molecule has 0 aromatic carbocycles. The molecule has 0 saturated carbocycles. The van der Waals surface area contributed by atoms with E-state index < -0.39 is 0 Å². The topological polar surface area (TPSA) is 12.4 Å². The summed E-state index contributed by atoms with van der Waals surface area (Å²) in [5, 5.41) is 0. The molecule has 114 valence electrons. The van der Waals surface area contributed by atoms with E-state index in [1.165, 1.54) is 11.1 Å². The van der Waals surface area contributed by atoms with E-state index in [2.05, 4.69) is 63.6 Å². The van der Waals surface area contributed by atoms with Crippen LogP contribution in [0.2, 0.25) is 0 Å². The Labute approximate surface area is 130 Å². The first kappa shape index (κ1) is 17.5. The van der Waals surface area contributed by atoms with Gasteiger partial charge in [-0.2, -0.15) is 0 Å². The zero-order valence-electron chi connectivity index (χ0n) is 14.6. The second-order valence-corrected chi connectivity index (χ2v) is 6.49. The summed E-state index contributed by atoms with van der Waals surface area (Å²) in [7, 11) is 0. The Kier molecular flexibility index (Phi) is 6.21. The van der Waals surface area contributed by atoms with Gasteiger partial charge in [-0.15, -0.1) is 5.92 Å². The van der Waals surface area contributed by atoms with Gasteiger partial charge in [-0.1, -0.05) is 51.8 Å². The van der Waals surface area contributed by atoms with E-state index in [4.69, 9.17) is 0 Å². The van der Waals surface area contributed by atoms with Gasteiger partial charge >= 0.3 is 0 Å². The lowest BCUT2D eigenvalue weighted by Crippen LogP contribution is -2.27. The Morgan fingerprint density at radius 1 is 1.43 bits per heavy atom. The first-order valence-corrected chi connectivity index (χ1v) is 7.85. The molecule has 0 saturated heterocycles. The van der Waals surface area contributed by atoms with Crippen LogP contribution in [0.3, 0.4) is 0 Å². The van der Waals surface area contributed by atoms with Crippen molar-refractivity contribution in [2.75, 3.05) is 0 Å². The van der Waals surface area contributed by atoms with Crippen LogP contribution in [0.5, 0.6) is 0 Å². The van der Waals surface area contributed by atoms with Gasteiger partial charge < -0.3 is 0 Å². The molecule has 0 aromatic heterocycles. The number of nitrogens with zero attached hydrogens (tertiary/aromatic N) is 1. The molecule has 1 aliphatic carbocycles. The van der Waals surface area contributed by atoms with Crippen molar-refractivity contribution in [3.63, 3.8) is 0 Å². The highest BCUT2D eigenvalue weighted by Crippen LogP contribution is 2.42. The second kappa shape index (κ2) is 7.46. The first-order chi connectivity index (χ1) is 9.86. The SMILES string of the molecule is CC#CC1CC=CC(C(C)(C)C(C)C)=C1/C(C)=N/C=C\C. The van der Waals surface area contributed by atoms with E-state index in [1.54, 1.807) is 0 Å². The quantitative estimate of drug-likeness (QED) is 0.473. The van der Waals surface area contributed by atoms with Crippen molar-refractivity contribution in [2.24, 2.45) is 22.2 Å². The smallest absolute Gasteiger partial charge is 0.0507 e. The number of rotatable bonds is 4. The first-order valence-electron chi connectivity index (χ1n) is 7.85. The predicted molar refractivity (Wildman–Crippen MR) is 94.3 cm³/mol. The van der Waals surface area contributed by atoms with Crippen LogP contribution >= 0.6 is 0 Å². The van der Waals surface area contributed by atoms with E-state index in [1.807, 2.05) is 26.1 Å². The minimum Gasteiger partial charge on any atom is -0.262 e. The van der Waals surface area contributed by atoms with Gasteiger partial charge in [0.05, 0.1) is 5.92 Å². The summed E-state index contributed by atoms with van der Waals surface area (Å²) in [6.07, 6.45) is 9.38. The molecule has 0 aromatic rings. The van der Waals surface area contributed by atoms with E-state index in [9.17, 15) is 0 Å². The molecule has 1 nitrogen and oxygen atoms in total. The predicted octanol–water partition coefficient (Wildman–Crippen LogP) is 5.56. The molecule has 0 fully saturated rings. The molecular weight excluding hydrogens is 254 g/mol. The van der Waals surface area contributed by atoms with Gasteiger partial charge in [0.15, 0.2) is 0 Å². The molecule has 1 atom stereocenters. The molecule has 21 heavy (non-hydrogen) atoms. The maximum absolute atomic E-state index is 4.60. The summed E-state index contributed by atoms with van der Waals surface area (Å²) in [5.74, 6) is 7.29. The fraction of sp³-hybridized carbons (Fsp3) is 0.550. The van der Waals surface area contributed by atoms with Crippen molar-refractivity contribution in [1.29, 1.82) is 0 Å². The van der Waals surface area contributed by atoms with Crippen molar-refractivity contribution >= 4 is 5.71 Å². The maximum atomic E-state index is 4.60. The Balaban J connectivity index is 3.51. The number of hydrogen-bond acceptors (Lipinski definition) is 1. The molecule has 0 bridgehead atoms. The van der Waals surface area contributed by atoms with Crippen LogP contribution in [0.4, 0.5) is 0 Å². The van der Waals surface area contributed by atoms with Crippen LogP contribution in [-0.2, 0) is 0 Å². The van der Waals surface area contributed by atoms with Crippen LogP contribution in [-0.4, -0.2) is 5.71 Å². The number of allylic oxidation sites excluding steroid dienone is 5. The van der Waals surface area contributed by atoms with Crippen molar-refractivity contribution in [3.05, 3.63) is 35.6 Å². The second-order valence-electron chi connectivity index (χ2n) is 6.49. The molecule has 1 rings (SSSR count). The number of hydrogen-bond donors (Lipinski definition) is 0. The van der Waals surface area contributed by atoms with Gasteiger partial charge in [0.25, 0.3) is 0 Å². The average molecular weight is 283 g/mol. The highest BCUT2D eigenvalue weighted by molar-refractivity contribution is 6.01. The Morgan fingerprint density at radius 2 is 2.10 bits per heavy atom. The third kappa shape index (κ3) is 3.97. The van der Waals surface area contributed by atoms with Gasteiger partial charge in [-0.25, -0.2) is 0 Å². The van der Waals surface area contributed by atoms with Crippen molar-refractivity contribution in [1.82, 2.24) is 0 Å². The van der Waals surface area contributed by atoms with Crippen LogP contribution in [0, 0.1) is 29.1 Å². The third-order valence-corrected chi connectivity index (χ3v) is 4.56.